The van der Waals surface area contributed by atoms with Crippen LogP contribution in [0.3, 0.4) is 0 Å². The van der Waals surface area contributed by atoms with E-state index in [0.717, 1.165) is 6.26 Å². The van der Waals surface area contributed by atoms with Gasteiger partial charge in [-0.05, 0) is 6.92 Å². The highest BCUT2D eigenvalue weighted by Crippen LogP contribution is 1.89. The van der Waals surface area contributed by atoms with Gasteiger partial charge in [-0.15, -0.1) is 0 Å². The Morgan fingerprint density at radius 3 is 2.29 bits per heavy atom. The highest BCUT2D eigenvalue weighted by Gasteiger charge is 2.05. The lowest BCUT2D eigenvalue weighted by molar-refractivity contribution is 0.590. The molecule has 0 aliphatic carbocycles. The minimum absolute atomic E-state index is 0.000629. The van der Waals surface area contributed by atoms with Crippen molar-refractivity contribution in [2.75, 3.05) is 12.0 Å². The van der Waals surface area contributed by atoms with Gasteiger partial charge in [0.2, 0.25) is 0 Å². The molecule has 1 heterocycles. The van der Waals surface area contributed by atoms with E-state index in [2.05, 4.69) is 0 Å². The van der Waals surface area contributed by atoms with Gasteiger partial charge in [0.25, 0.3) is 0 Å². The zero-order valence-electron chi connectivity index (χ0n) is 8.30. The molecular weight excluding hydrogens is 204 g/mol. The average molecular weight is 218 g/mol. The van der Waals surface area contributed by atoms with Gasteiger partial charge in [0.1, 0.15) is 9.84 Å². The number of rotatable bonds is 4. The number of hydrogen-bond donors (Lipinski definition) is 0. The Bertz CT molecular complexity index is 455. The Hall–Kier alpha value is -1.04. The van der Waals surface area contributed by atoms with Crippen molar-refractivity contribution in [2.45, 2.75) is 20.0 Å². The maximum absolute atomic E-state index is 11.4. The van der Waals surface area contributed by atoms with Crippen LogP contribution >= 0.6 is 0 Å². The summed E-state index contributed by atoms with van der Waals surface area (Å²) in [5.74, 6) is 0.000629. The quantitative estimate of drug-likeness (QED) is 0.698. The second kappa shape index (κ2) is 4.00. The number of imidazole rings is 1. The zero-order valence-corrected chi connectivity index (χ0v) is 9.12. The van der Waals surface area contributed by atoms with Gasteiger partial charge in [-0.25, -0.2) is 13.2 Å². The summed E-state index contributed by atoms with van der Waals surface area (Å²) in [4.78, 5) is 11.4. The highest BCUT2D eigenvalue weighted by atomic mass is 32.2. The van der Waals surface area contributed by atoms with E-state index in [1.807, 2.05) is 6.92 Å². The van der Waals surface area contributed by atoms with Crippen LogP contribution in [0.1, 0.15) is 6.92 Å². The first-order valence-electron chi connectivity index (χ1n) is 4.37. The van der Waals surface area contributed by atoms with Gasteiger partial charge in [-0.2, -0.15) is 0 Å². The van der Waals surface area contributed by atoms with Crippen LogP contribution in [-0.4, -0.2) is 29.6 Å². The molecule has 0 saturated carbocycles. The maximum atomic E-state index is 11.4. The third-order valence-corrected chi connectivity index (χ3v) is 2.89. The van der Waals surface area contributed by atoms with Crippen molar-refractivity contribution in [3.05, 3.63) is 22.9 Å². The van der Waals surface area contributed by atoms with Gasteiger partial charge in [-0.3, -0.25) is 9.13 Å². The standard InChI is InChI=1S/C8H14N2O3S/c1-3-9-4-5-10(8(9)11)6-7-14(2,12)13/h4-5H,3,6-7H2,1-2H3. The van der Waals surface area contributed by atoms with Crippen LogP contribution in [0, 0.1) is 0 Å². The van der Waals surface area contributed by atoms with Crippen molar-refractivity contribution in [1.29, 1.82) is 0 Å². The van der Waals surface area contributed by atoms with Gasteiger partial charge < -0.3 is 0 Å². The van der Waals surface area contributed by atoms with Crippen LogP contribution in [0.15, 0.2) is 17.2 Å². The van der Waals surface area contributed by atoms with E-state index < -0.39 is 9.84 Å². The first-order valence-corrected chi connectivity index (χ1v) is 6.43. The molecule has 0 spiro atoms. The number of nitrogens with zero attached hydrogens (tertiary/aromatic N) is 2. The van der Waals surface area contributed by atoms with Crippen molar-refractivity contribution >= 4 is 9.84 Å². The average Bonchev–Trinajstić information content (AvgIpc) is 2.42. The molecule has 0 aliphatic heterocycles. The lowest BCUT2D eigenvalue weighted by Gasteiger charge is -1.99. The molecule has 0 unspecified atom stereocenters. The van der Waals surface area contributed by atoms with Crippen molar-refractivity contribution in [1.82, 2.24) is 9.13 Å². The van der Waals surface area contributed by atoms with E-state index in [1.165, 1.54) is 9.13 Å². The van der Waals surface area contributed by atoms with Crippen LogP contribution in [0.4, 0.5) is 0 Å². The van der Waals surface area contributed by atoms with E-state index in [0.29, 0.717) is 6.54 Å². The van der Waals surface area contributed by atoms with E-state index in [-0.39, 0.29) is 18.0 Å². The first-order chi connectivity index (χ1) is 6.44. The molecule has 1 aromatic heterocycles. The van der Waals surface area contributed by atoms with Gasteiger partial charge in [0, 0.05) is 31.7 Å². The smallest absolute Gasteiger partial charge is 0.300 e. The first kappa shape index (κ1) is 11.0. The molecule has 0 atom stereocenters. The topological polar surface area (TPSA) is 61.1 Å². The van der Waals surface area contributed by atoms with Gasteiger partial charge in [0.05, 0.1) is 5.75 Å². The molecule has 1 rings (SSSR count). The third-order valence-electron chi connectivity index (χ3n) is 1.96. The second-order valence-electron chi connectivity index (χ2n) is 3.19. The molecule has 6 heteroatoms. The summed E-state index contributed by atoms with van der Waals surface area (Å²) < 4.78 is 24.7. The largest absolute Gasteiger partial charge is 0.328 e. The molecule has 0 radical (unpaired) electrons. The number of hydrogen-bond acceptors (Lipinski definition) is 3. The fraction of sp³-hybridized carbons (Fsp3) is 0.625. The molecule has 0 amide bonds. The molecule has 0 N–H and O–H groups in total. The summed E-state index contributed by atoms with van der Waals surface area (Å²) in [6, 6.07) is 0. The lowest BCUT2D eigenvalue weighted by atomic mass is 10.7. The minimum atomic E-state index is -3.01. The summed E-state index contributed by atoms with van der Waals surface area (Å²) in [6.45, 7) is 2.69. The zero-order chi connectivity index (χ0) is 10.8. The van der Waals surface area contributed by atoms with Gasteiger partial charge in [-0.1, -0.05) is 0 Å². The van der Waals surface area contributed by atoms with E-state index in [1.54, 1.807) is 12.4 Å². The number of sulfone groups is 1. The number of aryl methyl sites for hydroxylation is 2. The van der Waals surface area contributed by atoms with Crippen LogP contribution < -0.4 is 5.69 Å². The summed E-state index contributed by atoms with van der Waals surface area (Å²) in [6.07, 6.45) is 4.43. The Morgan fingerprint density at radius 2 is 1.86 bits per heavy atom. The third kappa shape index (κ3) is 2.73. The Kier molecular flexibility index (Phi) is 3.15. The van der Waals surface area contributed by atoms with Crippen molar-refractivity contribution in [3.63, 3.8) is 0 Å². The molecule has 5 nitrogen and oxygen atoms in total. The molecule has 0 fully saturated rings. The van der Waals surface area contributed by atoms with E-state index in [4.69, 9.17) is 0 Å². The second-order valence-corrected chi connectivity index (χ2v) is 5.45. The molecular formula is C8H14N2O3S. The predicted octanol–water partition coefficient (Wildman–Crippen LogP) is -0.286. The summed E-state index contributed by atoms with van der Waals surface area (Å²) >= 11 is 0. The van der Waals surface area contributed by atoms with Gasteiger partial charge in [0.15, 0.2) is 0 Å². The highest BCUT2D eigenvalue weighted by molar-refractivity contribution is 7.90. The van der Waals surface area contributed by atoms with Crippen LogP contribution in [-0.2, 0) is 22.9 Å². The van der Waals surface area contributed by atoms with Crippen molar-refractivity contribution in [3.8, 4) is 0 Å². The summed E-state index contributed by atoms with van der Waals surface area (Å²) in [5.41, 5.74) is -0.156. The normalized spacial score (nSPS) is 11.9. The van der Waals surface area contributed by atoms with Gasteiger partial charge >= 0.3 is 5.69 Å². The molecule has 14 heavy (non-hydrogen) atoms. The monoisotopic (exact) mass is 218 g/mol. The van der Waals surface area contributed by atoms with Crippen molar-refractivity contribution in [2.24, 2.45) is 0 Å². The molecule has 0 aromatic carbocycles. The molecule has 0 bridgehead atoms. The van der Waals surface area contributed by atoms with Crippen LogP contribution in [0.2, 0.25) is 0 Å². The fourth-order valence-electron chi connectivity index (χ4n) is 1.13. The van der Waals surface area contributed by atoms with Crippen LogP contribution in [0.5, 0.6) is 0 Å². The predicted molar refractivity (Wildman–Crippen MR) is 54.1 cm³/mol. The Labute approximate surface area is 82.9 Å². The fourth-order valence-corrected chi connectivity index (χ4v) is 1.66. The molecule has 80 valence electrons. The minimum Gasteiger partial charge on any atom is -0.300 e. The Morgan fingerprint density at radius 1 is 1.29 bits per heavy atom. The molecule has 0 saturated heterocycles. The Balaban J connectivity index is 2.79. The van der Waals surface area contributed by atoms with Crippen molar-refractivity contribution < 1.29 is 8.42 Å². The van der Waals surface area contributed by atoms with E-state index >= 15 is 0 Å². The summed E-state index contributed by atoms with van der Waals surface area (Å²) in [5, 5.41) is 0. The maximum Gasteiger partial charge on any atom is 0.328 e. The lowest BCUT2D eigenvalue weighted by Crippen LogP contribution is -2.25. The number of aromatic nitrogens is 2. The SMILES string of the molecule is CCn1ccn(CCS(C)(=O)=O)c1=O. The van der Waals surface area contributed by atoms with Crippen LogP contribution in [0.25, 0.3) is 0 Å². The van der Waals surface area contributed by atoms with E-state index in [9.17, 15) is 13.2 Å². The molecule has 0 aliphatic rings. The molecule has 1 aromatic rings. The summed E-state index contributed by atoms with van der Waals surface area (Å²) in [7, 11) is -3.01.